The van der Waals surface area contributed by atoms with Crippen LogP contribution in [-0.4, -0.2) is 9.38 Å². The van der Waals surface area contributed by atoms with Crippen LogP contribution in [0.3, 0.4) is 0 Å². The molecule has 0 saturated heterocycles. The lowest BCUT2D eigenvalue weighted by molar-refractivity contribution is 1.08. The van der Waals surface area contributed by atoms with Crippen molar-refractivity contribution in [3.05, 3.63) is 65.6 Å². The fraction of sp³-hybridized carbons (Fsp3) is 0.188. The van der Waals surface area contributed by atoms with E-state index in [2.05, 4.69) is 48.5 Å². The summed E-state index contributed by atoms with van der Waals surface area (Å²) in [5, 5.41) is 3.41. The Kier molecular flexibility index (Phi) is 2.95. The van der Waals surface area contributed by atoms with Gasteiger partial charge in [-0.1, -0.05) is 12.1 Å². The lowest BCUT2D eigenvalue weighted by Crippen LogP contribution is -2.00. The first kappa shape index (κ1) is 11.8. The minimum Gasteiger partial charge on any atom is -0.379 e. The summed E-state index contributed by atoms with van der Waals surface area (Å²) >= 11 is 0. The lowest BCUT2D eigenvalue weighted by atomic mass is 10.1. The number of fused-ring (bicyclic) bond motifs is 1. The van der Waals surface area contributed by atoms with Crippen LogP contribution in [0.25, 0.3) is 5.65 Å². The van der Waals surface area contributed by atoms with Crippen molar-refractivity contribution in [3.8, 4) is 0 Å². The summed E-state index contributed by atoms with van der Waals surface area (Å²) in [4.78, 5) is 4.57. The number of hydrogen-bond donors (Lipinski definition) is 1. The Morgan fingerprint density at radius 3 is 2.79 bits per heavy atom. The fourth-order valence-corrected chi connectivity index (χ4v) is 2.12. The summed E-state index contributed by atoms with van der Waals surface area (Å²) in [6.45, 7) is 5.00. The highest BCUT2D eigenvalue weighted by Gasteiger charge is 2.01. The maximum absolute atomic E-state index is 4.57. The summed E-state index contributed by atoms with van der Waals surface area (Å²) in [5.41, 5.74) is 5.79. The molecular weight excluding hydrogens is 234 g/mol. The molecule has 0 fully saturated rings. The number of nitrogens with one attached hydrogen (secondary N) is 1. The van der Waals surface area contributed by atoms with Gasteiger partial charge in [-0.15, -0.1) is 0 Å². The van der Waals surface area contributed by atoms with E-state index in [0.29, 0.717) is 0 Å². The third-order valence-corrected chi connectivity index (χ3v) is 3.39. The maximum atomic E-state index is 4.57. The van der Waals surface area contributed by atoms with E-state index in [1.54, 1.807) is 0 Å². The average molecular weight is 251 g/mol. The molecule has 0 aliphatic rings. The number of pyridine rings is 1. The zero-order valence-electron chi connectivity index (χ0n) is 11.2. The van der Waals surface area contributed by atoms with Gasteiger partial charge in [0.15, 0.2) is 0 Å². The van der Waals surface area contributed by atoms with Gasteiger partial charge in [-0.2, -0.15) is 0 Å². The average Bonchev–Trinajstić information content (AvgIpc) is 2.83. The molecule has 0 aliphatic heterocycles. The minimum atomic E-state index is 0.740. The number of anilines is 1. The normalized spacial score (nSPS) is 10.8. The molecule has 2 aromatic heterocycles. The van der Waals surface area contributed by atoms with Crippen molar-refractivity contribution < 1.29 is 0 Å². The Hall–Kier alpha value is -2.29. The summed E-state index contributed by atoms with van der Waals surface area (Å²) in [7, 11) is 0. The Bertz CT molecular complexity index is 680. The van der Waals surface area contributed by atoms with E-state index in [1.807, 2.05) is 28.8 Å². The molecule has 0 aliphatic carbocycles. The molecule has 96 valence electrons. The molecule has 0 spiro atoms. The number of hydrogen-bond acceptors (Lipinski definition) is 2. The highest BCUT2D eigenvalue weighted by molar-refractivity contribution is 5.48. The SMILES string of the molecule is Cc1ccc(NCc2cn3ccccc3n2)cc1C. The van der Waals surface area contributed by atoms with Gasteiger partial charge in [-0.3, -0.25) is 0 Å². The van der Waals surface area contributed by atoms with Gasteiger partial charge in [0.1, 0.15) is 5.65 Å². The molecule has 0 unspecified atom stereocenters. The molecule has 2 heterocycles. The summed E-state index contributed by atoms with van der Waals surface area (Å²) in [5.74, 6) is 0. The Morgan fingerprint density at radius 1 is 1.11 bits per heavy atom. The Labute approximate surface area is 112 Å². The number of benzene rings is 1. The Balaban J connectivity index is 1.76. The van der Waals surface area contributed by atoms with Gasteiger partial charge < -0.3 is 9.72 Å². The highest BCUT2D eigenvalue weighted by atomic mass is 15.0. The first-order chi connectivity index (χ1) is 9.22. The Morgan fingerprint density at radius 2 is 2.00 bits per heavy atom. The topological polar surface area (TPSA) is 29.3 Å². The smallest absolute Gasteiger partial charge is 0.137 e. The molecule has 3 aromatic rings. The summed E-state index contributed by atoms with van der Waals surface area (Å²) in [6, 6.07) is 12.4. The lowest BCUT2D eigenvalue weighted by Gasteiger charge is -2.07. The number of aryl methyl sites for hydroxylation is 2. The van der Waals surface area contributed by atoms with Crippen LogP contribution in [0.5, 0.6) is 0 Å². The molecule has 0 saturated carbocycles. The van der Waals surface area contributed by atoms with Gasteiger partial charge >= 0.3 is 0 Å². The molecule has 3 nitrogen and oxygen atoms in total. The molecule has 1 aromatic carbocycles. The van der Waals surface area contributed by atoms with Crippen molar-refractivity contribution in [2.75, 3.05) is 5.32 Å². The minimum absolute atomic E-state index is 0.740. The van der Waals surface area contributed by atoms with E-state index in [-0.39, 0.29) is 0 Å². The van der Waals surface area contributed by atoms with Crippen LogP contribution in [-0.2, 0) is 6.54 Å². The molecule has 1 N–H and O–H groups in total. The van der Waals surface area contributed by atoms with Crippen molar-refractivity contribution in [2.45, 2.75) is 20.4 Å². The van der Waals surface area contributed by atoms with Crippen molar-refractivity contribution in [2.24, 2.45) is 0 Å². The zero-order chi connectivity index (χ0) is 13.2. The molecular formula is C16H17N3. The van der Waals surface area contributed by atoms with Crippen LogP contribution in [0.2, 0.25) is 0 Å². The summed E-state index contributed by atoms with van der Waals surface area (Å²) < 4.78 is 2.04. The van der Waals surface area contributed by atoms with Crippen LogP contribution < -0.4 is 5.32 Å². The largest absolute Gasteiger partial charge is 0.379 e. The van der Waals surface area contributed by atoms with Crippen molar-refractivity contribution in [1.29, 1.82) is 0 Å². The van der Waals surface area contributed by atoms with Gasteiger partial charge in [-0.25, -0.2) is 4.98 Å². The van der Waals surface area contributed by atoms with Gasteiger partial charge in [0, 0.05) is 18.1 Å². The van der Waals surface area contributed by atoms with Crippen LogP contribution in [0, 0.1) is 13.8 Å². The second-order valence-electron chi connectivity index (χ2n) is 4.85. The van der Waals surface area contributed by atoms with Crippen LogP contribution in [0.15, 0.2) is 48.8 Å². The first-order valence-electron chi connectivity index (χ1n) is 6.46. The van der Waals surface area contributed by atoms with Crippen molar-refractivity contribution >= 4 is 11.3 Å². The van der Waals surface area contributed by atoms with Crippen molar-refractivity contribution in [3.63, 3.8) is 0 Å². The zero-order valence-corrected chi connectivity index (χ0v) is 11.2. The molecule has 0 atom stereocenters. The molecule has 0 bridgehead atoms. The number of nitrogens with zero attached hydrogens (tertiary/aromatic N) is 2. The molecule has 0 radical (unpaired) electrons. The number of rotatable bonds is 3. The van der Waals surface area contributed by atoms with Gasteiger partial charge in [0.25, 0.3) is 0 Å². The van der Waals surface area contributed by atoms with Gasteiger partial charge in [-0.05, 0) is 49.2 Å². The van der Waals surface area contributed by atoms with E-state index in [4.69, 9.17) is 0 Å². The molecule has 3 heteroatoms. The fourth-order valence-electron chi connectivity index (χ4n) is 2.12. The quantitative estimate of drug-likeness (QED) is 0.771. The van der Waals surface area contributed by atoms with E-state index in [9.17, 15) is 0 Å². The highest BCUT2D eigenvalue weighted by Crippen LogP contribution is 2.15. The monoisotopic (exact) mass is 251 g/mol. The molecule has 19 heavy (non-hydrogen) atoms. The third kappa shape index (κ3) is 2.45. The number of aromatic nitrogens is 2. The summed E-state index contributed by atoms with van der Waals surface area (Å²) in [6.07, 6.45) is 4.07. The third-order valence-electron chi connectivity index (χ3n) is 3.39. The standard InChI is InChI=1S/C16H17N3/c1-12-6-7-14(9-13(12)2)17-10-15-11-19-8-4-3-5-16(19)18-15/h3-9,11,17H,10H2,1-2H3. The van der Waals surface area contributed by atoms with E-state index in [0.717, 1.165) is 23.6 Å². The van der Waals surface area contributed by atoms with Gasteiger partial charge in [0.2, 0.25) is 0 Å². The molecule has 3 rings (SSSR count). The van der Waals surface area contributed by atoms with E-state index >= 15 is 0 Å². The molecule has 0 amide bonds. The van der Waals surface area contributed by atoms with Gasteiger partial charge in [0.05, 0.1) is 12.2 Å². The van der Waals surface area contributed by atoms with Crippen LogP contribution in [0.1, 0.15) is 16.8 Å². The van der Waals surface area contributed by atoms with Crippen LogP contribution in [0.4, 0.5) is 5.69 Å². The number of imidazole rings is 1. The van der Waals surface area contributed by atoms with E-state index in [1.165, 1.54) is 11.1 Å². The van der Waals surface area contributed by atoms with Crippen molar-refractivity contribution in [1.82, 2.24) is 9.38 Å². The predicted octanol–water partition coefficient (Wildman–Crippen LogP) is 3.56. The first-order valence-corrected chi connectivity index (χ1v) is 6.46. The second kappa shape index (κ2) is 4.76. The van der Waals surface area contributed by atoms with Crippen LogP contribution >= 0.6 is 0 Å². The second-order valence-corrected chi connectivity index (χ2v) is 4.85. The van der Waals surface area contributed by atoms with E-state index < -0.39 is 0 Å². The maximum Gasteiger partial charge on any atom is 0.137 e. The predicted molar refractivity (Wildman–Crippen MR) is 78.4 cm³/mol.